The van der Waals surface area contributed by atoms with Crippen LogP contribution in [0, 0.1) is 0 Å². The van der Waals surface area contributed by atoms with Crippen molar-refractivity contribution < 1.29 is 19.1 Å². The summed E-state index contributed by atoms with van der Waals surface area (Å²) in [5.41, 5.74) is 0.462. The highest BCUT2D eigenvalue weighted by Crippen LogP contribution is 2.43. The first-order valence-corrected chi connectivity index (χ1v) is 10.4. The van der Waals surface area contributed by atoms with Crippen molar-refractivity contribution in [1.82, 2.24) is 10.2 Å². The van der Waals surface area contributed by atoms with E-state index >= 15 is 0 Å². The number of carbonyl (C=O) groups is 2. The van der Waals surface area contributed by atoms with E-state index in [2.05, 4.69) is 10.2 Å². The number of aliphatic hydroxyl groups is 1. The summed E-state index contributed by atoms with van der Waals surface area (Å²) in [5.74, 6) is -1.95. The Bertz CT molecular complexity index is 1090. The summed E-state index contributed by atoms with van der Waals surface area (Å²) in [6.45, 7) is 0. The molecule has 0 saturated heterocycles. The van der Waals surface area contributed by atoms with Crippen LogP contribution >= 0.6 is 34.7 Å². The van der Waals surface area contributed by atoms with E-state index in [0.717, 1.165) is 0 Å². The Morgan fingerprint density at radius 2 is 2.14 bits per heavy atom. The van der Waals surface area contributed by atoms with Gasteiger partial charge >= 0.3 is 0 Å². The van der Waals surface area contributed by atoms with Gasteiger partial charge in [-0.15, -0.1) is 10.2 Å². The maximum atomic E-state index is 13.0. The van der Waals surface area contributed by atoms with Crippen molar-refractivity contribution in [3.8, 4) is 0 Å². The number of hydrogen-bond donors (Lipinski definition) is 1. The molecule has 7 nitrogen and oxygen atoms in total. The van der Waals surface area contributed by atoms with E-state index in [4.69, 9.17) is 16.0 Å². The topological polar surface area (TPSA) is 96.5 Å². The van der Waals surface area contributed by atoms with Crippen molar-refractivity contribution in [3.63, 3.8) is 0 Å². The number of hydrogen-bond acceptors (Lipinski definition) is 8. The molecular formula is C18H12ClN3O4S2. The van der Waals surface area contributed by atoms with Crippen LogP contribution in [-0.2, 0) is 4.79 Å². The molecule has 1 aliphatic heterocycles. The first-order valence-electron chi connectivity index (χ1n) is 7.99. The van der Waals surface area contributed by atoms with Gasteiger partial charge in [-0.2, -0.15) is 0 Å². The number of rotatable bonds is 5. The van der Waals surface area contributed by atoms with Gasteiger partial charge in [-0.05, 0) is 36.1 Å². The van der Waals surface area contributed by atoms with Gasteiger partial charge in [0.1, 0.15) is 0 Å². The molecule has 1 atom stereocenters. The van der Waals surface area contributed by atoms with Gasteiger partial charge < -0.3 is 9.52 Å². The average molecular weight is 434 g/mol. The largest absolute Gasteiger partial charge is 0.503 e. The lowest BCUT2D eigenvalue weighted by Gasteiger charge is -2.23. The number of aliphatic hydroxyl groups excluding tert-OH is 1. The van der Waals surface area contributed by atoms with Crippen LogP contribution in [0.1, 0.15) is 22.2 Å². The normalized spacial score (nSPS) is 16.9. The van der Waals surface area contributed by atoms with E-state index in [1.165, 1.54) is 40.3 Å². The molecule has 10 heteroatoms. The van der Waals surface area contributed by atoms with Crippen molar-refractivity contribution in [2.24, 2.45) is 0 Å². The smallest absolute Gasteiger partial charge is 0.296 e. The third-order valence-electron chi connectivity index (χ3n) is 4.14. The Balaban J connectivity index is 1.88. The molecule has 4 rings (SSSR count). The van der Waals surface area contributed by atoms with Gasteiger partial charge in [-0.3, -0.25) is 14.5 Å². The predicted octanol–water partition coefficient (Wildman–Crippen LogP) is 4.29. The second-order valence-corrected chi connectivity index (χ2v) is 8.20. The molecule has 0 aliphatic carbocycles. The Labute approximate surface area is 172 Å². The quantitative estimate of drug-likeness (QED) is 0.364. The van der Waals surface area contributed by atoms with Gasteiger partial charge in [0.2, 0.25) is 10.9 Å². The summed E-state index contributed by atoms with van der Waals surface area (Å²) in [6, 6.07) is 8.87. The van der Waals surface area contributed by atoms with E-state index in [1.54, 1.807) is 30.3 Å². The van der Waals surface area contributed by atoms with E-state index < -0.39 is 23.5 Å². The molecule has 1 aliphatic rings. The molecule has 142 valence electrons. The van der Waals surface area contributed by atoms with Crippen LogP contribution in [0.5, 0.6) is 0 Å². The molecule has 2 aromatic heterocycles. The molecule has 28 heavy (non-hydrogen) atoms. The van der Waals surface area contributed by atoms with Crippen LogP contribution < -0.4 is 4.90 Å². The number of nitrogens with zero attached hydrogens (tertiary/aromatic N) is 3. The lowest BCUT2D eigenvalue weighted by molar-refractivity contribution is -0.117. The van der Waals surface area contributed by atoms with Crippen molar-refractivity contribution in [1.29, 1.82) is 0 Å². The van der Waals surface area contributed by atoms with Crippen LogP contribution in [-0.4, -0.2) is 33.3 Å². The molecule has 0 fully saturated rings. The van der Waals surface area contributed by atoms with Gasteiger partial charge in [0, 0.05) is 5.02 Å². The number of carbonyl (C=O) groups excluding carboxylic acids is 2. The highest BCUT2D eigenvalue weighted by Gasteiger charge is 2.46. The first-order chi connectivity index (χ1) is 13.5. The van der Waals surface area contributed by atoms with Crippen LogP contribution in [0.3, 0.4) is 0 Å². The molecule has 1 amide bonds. The summed E-state index contributed by atoms with van der Waals surface area (Å²) in [4.78, 5) is 27.2. The standard InChI is InChI=1S/C18H12ClN3O4S2/c1-27-18-21-20-17(28-18)22-13(9-4-2-5-10(19)8-9)12(15(24)16(22)25)14(23)11-6-3-7-26-11/h2-8,13,24H,1H3/t13-/m0/s1. The minimum Gasteiger partial charge on any atom is -0.503 e. The van der Waals surface area contributed by atoms with Gasteiger partial charge in [0.15, 0.2) is 15.9 Å². The number of halogens is 1. The third-order valence-corrected chi connectivity index (χ3v) is 6.27. The lowest BCUT2D eigenvalue weighted by atomic mass is 9.95. The average Bonchev–Trinajstić information content (AvgIpc) is 3.42. The number of benzene rings is 1. The van der Waals surface area contributed by atoms with E-state index in [1.807, 2.05) is 6.26 Å². The molecule has 0 spiro atoms. The molecule has 3 aromatic rings. The van der Waals surface area contributed by atoms with Crippen LogP contribution in [0.4, 0.5) is 5.13 Å². The fraction of sp³-hybridized carbons (Fsp3) is 0.111. The van der Waals surface area contributed by atoms with E-state index in [-0.39, 0.29) is 16.5 Å². The zero-order chi connectivity index (χ0) is 19.8. The van der Waals surface area contributed by atoms with Crippen molar-refractivity contribution in [2.45, 2.75) is 10.4 Å². The minimum absolute atomic E-state index is 0.0188. The number of thioether (sulfide) groups is 1. The van der Waals surface area contributed by atoms with Crippen molar-refractivity contribution in [3.05, 3.63) is 70.3 Å². The summed E-state index contributed by atoms with van der Waals surface area (Å²) in [5, 5.41) is 19.3. The summed E-state index contributed by atoms with van der Waals surface area (Å²) < 4.78 is 5.83. The molecule has 0 radical (unpaired) electrons. The van der Waals surface area contributed by atoms with Crippen molar-refractivity contribution in [2.75, 3.05) is 11.2 Å². The summed E-state index contributed by atoms with van der Waals surface area (Å²) in [7, 11) is 0. The second-order valence-electron chi connectivity index (χ2n) is 5.76. The van der Waals surface area contributed by atoms with Crippen LogP contribution in [0.15, 0.2) is 62.8 Å². The molecule has 0 bridgehead atoms. The molecular weight excluding hydrogens is 422 g/mol. The Hall–Kier alpha value is -2.62. The maximum Gasteiger partial charge on any atom is 0.296 e. The van der Waals surface area contributed by atoms with Gasteiger partial charge in [-0.25, -0.2) is 0 Å². The van der Waals surface area contributed by atoms with Gasteiger partial charge in [-0.1, -0.05) is 46.8 Å². The second kappa shape index (κ2) is 7.42. The SMILES string of the molecule is CSc1nnc(N2C(=O)C(O)=C(C(=O)c3ccco3)[C@@H]2c2cccc(Cl)c2)s1. The number of amides is 1. The summed E-state index contributed by atoms with van der Waals surface area (Å²) in [6.07, 6.45) is 3.19. The van der Waals surface area contributed by atoms with E-state index in [9.17, 15) is 14.7 Å². The summed E-state index contributed by atoms with van der Waals surface area (Å²) >= 11 is 8.70. The van der Waals surface area contributed by atoms with Crippen LogP contribution in [0.2, 0.25) is 5.02 Å². The third kappa shape index (κ3) is 3.11. The number of furan rings is 1. The minimum atomic E-state index is -0.911. The number of ketones is 1. The Kier molecular flexibility index (Phi) is 4.96. The highest BCUT2D eigenvalue weighted by atomic mass is 35.5. The zero-order valence-corrected chi connectivity index (χ0v) is 16.7. The molecule has 0 saturated carbocycles. The Morgan fingerprint density at radius 3 is 2.79 bits per heavy atom. The number of aromatic nitrogens is 2. The first kappa shape index (κ1) is 18.7. The Morgan fingerprint density at radius 1 is 1.32 bits per heavy atom. The molecule has 1 N–H and O–H groups in total. The molecule has 0 unspecified atom stereocenters. The fourth-order valence-corrected chi connectivity index (χ4v) is 4.43. The monoisotopic (exact) mass is 433 g/mol. The van der Waals surface area contributed by atoms with Gasteiger partial charge in [0.05, 0.1) is 17.9 Å². The van der Waals surface area contributed by atoms with Gasteiger partial charge in [0.25, 0.3) is 5.91 Å². The molecule has 1 aromatic carbocycles. The zero-order valence-electron chi connectivity index (χ0n) is 14.3. The molecule has 3 heterocycles. The lowest BCUT2D eigenvalue weighted by Crippen LogP contribution is -2.31. The number of anilines is 1. The fourth-order valence-electron chi connectivity index (χ4n) is 2.95. The highest BCUT2D eigenvalue weighted by molar-refractivity contribution is 8.00. The predicted molar refractivity (Wildman–Crippen MR) is 106 cm³/mol. The number of Topliss-reactive ketones (excluding diaryl/α,β-unsaturated/α-hetero) is 1. The maximum absolute atomic E-state index is 13.0. The van der Waals surface area contributed by atoms with Crippen LogP contribution in [0.25, 0.3) is 0 Å². The van der Waals surface area contributed by atoms with Crippen molar-refractivity contribution >= 4 is 51.5 Å². The van der Waals surface area contributed by atoms with E-state index in [0.29, 0.717) is 14.9 Å².